The zero-order valence-corrected chi connectivity index (χ0v) is 10.1. The van der Waals surface area contributed by atoms with Gasteiger partial charge in [0.15, 0.2) is 0 Å². The standard InChI is InChI=1S/C11H23N3O/c1-4-7-14(9-11(15)13(2)3)10-5-6-12-8-10/h10,12H,4-9H2,1-3H3. The summed E-state index contributed by atoms with van der Waals surface area (Å²) >= 11 is 0. The Kier molecular flexibility index (Phi) is 5.05. The second kappa shape index (κ2) is 6.08. The van der Waals surface area contributed by atoms with Crippen LogP contribution in [0.4, 0.5) is 0 Å². The lowest BCUT2D eigenvalue weighted by Crippen LogP contribution is -2.43. The fraction of sp³-hybridized carbons (Fsp3) is 0.909. The maximum atomic E-state index is 11.6. The van der Waals surface area contributed by atoms with Crippen molar-refractivity contribution in [3.05, 3.63) is 0 Å². The molecule has 4 heteroatoms. The molecule has 1 saturated heterocycles. The van der Waals surface area contributed by atoms with Gasteiger partial charge in [0.1, 0.15) is 0 Å². The van der Waals surface area contributed by atoms with Gasteiger partial charge in [-0.15, -0.1) is 0 Å². The zero-order chi connectivity index (χ0) is 11.3. The van der Waals surface area contributed by atoms with Crippen LogP contribution in [0, 0.1) is 0 Å². The summed E-state index contributed by atoms with van der Waals surface area (Å²) < 4.78 is 0. The number of carbonyl (C=O) groups excluding carboxylic acids is 1. The molecule has 0 bridgehead atoms. The molecule has 1 fully saturated rings. The maximum absolute atomic E-state index is 11.6. The molecule has 15 heavy (non-hydrogen) atoms. The third-order valence-electron chi connectivity index (χ3n) is 2.90. The van der Waals surface area contributed by atoms with Crippen molar-refractivity contribution < 1.29 is 4.79 Å². The van der Waals surface area contributed by atoms with Gasteiger partial charge < -0.3 is 10.2 Å². The molecule has 0 aromatic carbocycles. The Hall–Kier alpha value is -0.610. The smallest absolute Gasteiger partial charge is 0.236 e. The van der Waals surface area contributed by atoms with Gasteiger partial charge in [0.05, 0.1) is 6.54 Å². The van der Waals surface area contributed by atoms with Crippen LogP contribution in [0.25, 0.3) is 0 Å². The molecule has 0 aromatic rings. The predicted molar refractivity (Wildman–Crippen MR) is 61.8 cm³/mol. The molecule has 1 rings (SSSR count). The van der Waals surface area contributed by atoms with E-state index in [1.807, 2.05) is 14.1 Å². The zero-order valence-electron chi connectivity index (χ0n) is 10.1. The molecule has 0 aliphatic carbocycles. The number of amides is 1. The van der Waals surface area contributed by atoms with E-state index in [-0.39, 0.29) is 5.91 Å². The minimum absolute atomic E-state index is 0.204. The molecular formula is C11H23N3O. The van der Waals surface area contributed by atoms with Gasteiger partial charge in [0, 0.05) is 26.7 Å². The van der Waals surface area contributed by atoms with Crippen LogP contribution in [0.2, 0.25) is 0 Å². The van der Waals surface area contributed by atoms with E-state index in [4.69, 9.17) is 0 Å². The summed E-state index contributed by atoms with van der Waals surface area (Å²) in [6.45, 7) is 5.86. The molecule has 1 heterocycles. The molecule has 1 atom stereocenters. The Balaban J connectivity index is 2.45. The van der Waals surface area contributed by atoms with Gasteiger partial charge in [0.25, 0.3) is 0 Å². The highest BCUT2D eigenvalue weighted by Gasteiger charge is 2.23. The van der Waals surface area contributed by atoms with Crippen LogP contribution in [0.5, 0.6) is 0 Å². The second-order valence-electron chi connectivity index (χ2n) is 4.41. The number of nitrogens with one attached hydrogen (secondary N) is 1. The van der Waals surface area contributed by atoms with Crippen LogP contribution in [-0.4, -0.2) is 62.0 Å². The molecule has 0 radical (unpaired) electrons. The van der Waals surface area contributed by atoms with Crippen LogP contribution in [0.1, 0.15) is 19.8 Å². The van der Waals surface area contributed by atoms with Gasteiger partial charge in [-0.25, -0.2) is 0 Å². The highest BCUT2D eigenvalue weighted by Crippen LogP contribution is 2.09. The number of hydrogen-bond acceptors (Lipinski definition) is 3. The molecule has 0 aromatic heterocycles. The van der Waals surface area contributed by atoms with Crippen molar-refractivity contribution >= 4 is 5.91 Å². The van der Waals surface area contributed by atoms with Crippen molar-refractivity contribution in [2.24, 2.45) is 0 Å². The van der Waals surface area contributed by atoms with Crippen molar-refractivity contribution in [2.75, 3.05) is 40.3 Å². The average molecular weight is 213 g/mol. The van der Waals surface area contributed by atoms with E-state index in [1.165, 1.54) is 6.42 Å². The molecule has 1 amide bonds. The first kappa shape index (κ1) is 12.5. The monoisotopic (exact) mass is 213 g/mol. The minimum atomic E-state index is 0.204. The molecule has 1 aliphatic rings. The summed E-state index contributed by atoms with van der Waals surface area (Å²) in [5, 5.41) is 3.35. The topological polar surface area (TPSA) is 35.6 Å². The SMILES string of the molecule is CCCN(CC(=O)N(C)C)C1CCNC1. The quantitative estimate of drug-likeness (QED) is 0.706. The fourth-order valence-electron chi connectivity index (χ4n) is 1.94. The van der Waals surface area contributed by atoms with Gasteiger partial charge in [-0.05, 0) is 25.9 Å². The van der Waals surface area contributed by atoms with Crippen LogP contribution in [-0.2, 0) is 4.79 Å². The van der Waals surface area contributed by atoms with Gasteiger partial charge in [-0.2, -0.15) is 0 Å². The summed E-state index contributed by atoms with van der Waals surface area (Å²) in [6, 6.07) is 0.550. The molecule has 4 nitrogen and oxygen atoms in total. The normalized spacial score (nSPS) is 20.9. The fourth-order valence-corrected chi connectivity index (χ4v) is 1.94. The van der Waals surface area contributed by atoms with Crippen LogP contribution in [0.3, 0.4) is 0 Å². The molecule has 0 spiro atoms. The Labute approximate surface area is 92.6 Å². The van der Waals surface area contributed by atoms with E-state index in [0.29, 0.717) is 12.6 Å². The summed E-state index contributed by atoms with van der Waals surface area (Å²) in [5.74, 6) is 0.204. The molecule has 0 saturated carbocycles. The first-order chi connectivity index (χ1) is 7.15. The first-order valence-electron chi connectivity index (χ1n) is 5.80. The van der Waals surface area contributed by atoms with Crippen LogP contribution in [0.15, 0.2) is 0 Å². The molecule has 1 N–H and O–H groups in total. The number of rotatable bonds is 5. The van der Waals surface area contributed by atoms with Gasteiger partial charge in [0.2, 0.25) is 5.91 Å². The number of likely N-dealkylation sites (N-methyl/N-ethyl adjacent to an activating group) is 1. The lowest BCUT2D eigenvalue weighted by molar-refractivity contribution is -0.130. The number of hydrogen-bond donors (Lipinski definition) is 1. The third-order valence-corrected chi connectivity index (χ3v) is 2.90. The summed E-state index contributed by atoms with van der Waals surface area (Å²) in [7, 11) is 3.64. The predicted octanol–water partition coefficient (Wildman–Crippen LogP) is 0.149. The van der Waals surface area contributed by atoms with Gasteiger partial charge in [-0.1, -0.05) is 6.92 Å². The van der Waals surface area contributed by atoms with Crippen LogP contribution < -0.4 is 5.32 Å². The Morgan fingerprint density at radius 1 is 1.47 bits per heavy atom. The third kappa shape index (κ3) is 3.80. The Morgan fingerprint density at radius 3 is 2.67 bits per heavy atom. The lowest BCUT2D eigenvalue weighted by Gasteiger charge is -2.28. The minimum Gasteiger partial charge on any atom is -0.348 e. The van der Waals surface area contributed by atoms with E-state index in [0.717, 1.165) is 26.1 Å². The highest BCUT2D eigenvalue weighted by atomic mass is 16.2. The van der Waals surface area contributed by atoms with Crippen molar-refractivity contribution in [1.82, 2.24) is 15.1 Å². The Bertz CT molecular complexity index is 200. The van der Waals surface area contributed by atoms with Gasteiger partial charge >= 0.3 is 0 Å². The van der Waals surface area contributed by atoms with E-state index in [1.54, 1.807) is 4.90 Å². The van der Waals surface area contributed by atoms with Crippen LogP contribution >= 0.6 is 0 Å². The summed E-state index contributed by atoms with van der Waals surface area (Å²) in [6.07, 6.45) is 2.28. The highest BCUT2D eigenvalue weighted by molar-refractivity contribution is 5.77. The average Bonchev–Trinajstić information content (AvgIpc) is 2.69. The van der Waals surface area contributed by atoms with E-state index < -0.39 is 0 Å². The number of carbonyl (C=O) groups is 1. The maximum Gasteiger partial charge on any atom is 0.236 e. The number of nitrogens with zero attached hydrogens (tertiary/aromatic N) is 2. The van der Waals surface area contributed by atoms with E-state index >= 15 is 0 Å². The Morgan fingerprint density at radius 2 is 2.20 bits per heavy atom. The van der Waals surface area contributed by atoms with Crippen molar-refractivity contribution in [3.63, 3.8) is 0 Å². The van der Waals surface area contributed by atoms with Gasteiger partial charge in [-0.3, -0.25) is 9.69 Å². The first-order valence-corrected chi connectivity index (χ1v) is 5.80. The largest absolute Gasteiger partial charge is 0.348 e. The lowest BCUT2D eigenvalue weighted by atomic mass is 10.2. The molecule has 1 unspecified atom stereocenters. The molecule has 88 valence electrons. The molecular weight excluding hydrogens is 190 g/mol. The van der Waals surface area contributed by atoms with Crippen molar-refractivity contribution in [3.8, 4) is 0 Å². The summed E-state index contributed by atoms with van der Waals surface area (Å²) in [4.78, 5) is 15.6. The van der Waals surface area contributed by atoms with Crippen molar-refractivity contribution in [1.29, 1.82) is 0 Å². The molecule has 1 aliphatic heterocycles. The van der Waals surface area contributed by atoms with Crippen molar-refractivity contribution in [2.45, 2.75) is 25.8 Å². The summed E-state index contributed by atoms with van der Waals surface area (Å²) in [5.41, 5.74) is 0. The van der Waals surface area contributed by atoms with E-state index in [2.05, 4.69) is 17.1 Å². The van der Waals surface area contributed by atoms with E-state index in [9.17, 15) is 4.79 Å². The second-order valence-corrected chi connectivity index (χ2v) is 4.41.